The number of carbonyl (C=O) groups excluding carboxylic acids is 2. The van der Waals surface area contributed by atoms with E-state index in [9.17, 15) is 9.59 Å². The van der Waals surface area contributed by atoms with Crippen LogP contribution in [0.3, 0.4) is 0 Å². The molecule has 2 heterocycles. The molecule has 4 aromatic rings. The van der Waals surface area contributed by atoms with Crippen LogP contribution in [0.25, 0.3) is 5.65 Å². The van der Waals surface area contributed by atoms with Gasteiger partial charge in [-0.3, -0.25) is 14.0 Å². The van der Waals surface area contributed by atoms with Crippen molar-refractivity contribution in [3.8, 4) is 5.75 Å². The molecule has 2 aromatic carbocycles. The largest absolute Gasteiger partial charge is 0.485 e. The topological polar surface area (TPSA) is 102 Å². The zero-order valence-electron chi connectivity index (χ0n) is 20.9. The van der Waals surface area contributed by atoms with Gasteiger partial charge in [-0.05, 0) is 52.7 Å². The molecule has 0 saturated heterocycles. The number of hydrogen-bond donors (Lipinski definition) is 2. The van der Waals surface area contributed by atoms with Crippen LogP contribution in [0, 0.1) is 6.92 Å². The SMILES string of the molecule is Cc1nc2c(OCc3c(Cl)ccc(N(C)C(=O)CNC(=O)C(N)c4ccccc4)c3Cl)cccn2c1Br.Cl.Cl. The fourth-order valence-corrected chi connectivity index (χ4v) is 4.68. The average molecular weight is 678 g/mol. The molecule has 3 N–H and O–H groups in total. The number of aryl methyl sites for hydroxylation is 1. The van der Waals surface area contributed by atoms with E-state index in [-0.39, 0.29) is 48.9 Å². The van der Waals surface area contributed by atoms with Crippen LogP contribution in [-0.2, 0) is 16.2 Å². The zero-order valence-corrected chi connectivity index (χ0v) is 25.6. The number of rotatable bonds is 8. The van der Waals surface area contributed by atoms with Crippen molar-refractivity contribution in [2.45, 2.75) is 19.6 Å². The summed E-state index contributed by atoms with van der Waals surface area (Å²) < 4.78 is 8.74. The van der Waals surface area contributed by atoms with Gasteiger partial charge in [-0.25, -0.2) is 4.98 Å². The van der Waals surface area contributed by atoms with Crippen molar-refractivity contribution < 1.29 is 14.3 Å². The zero-order chi connectivity index (χ0) is 26.7. The van der Waals surface area contributed by atoms with Crippen molar-refractivity contribution >= 4 is 87.1 Å². The van der Waals surface area contributed by atoms with Crippen LogP contribution in [0.2, 0.25) is 10.0 Å². The molecule has 0 radical (unpaired) electrons. The summed E-state index contributed by atoms with van der Waals surface area (Å²) in [6.07, 6.45) is 1.87. The Morgan fingerprint density at radius 3 is 2.51 bits per heavy atom. The Kier molecular flexibility index (Phi) is 11.9. The molecule has 1 atom stereocenters. The lowest BCUT2D eigenvalue weighted by Crippen LogP contribution is -2.41. The van der Waals surface area contributed by atoms with E-state index in [4.69, 9.17) is 33.7 Å². The monoisotopic (exact) mass is 675 g/mol. The molecule has 39 heavy (non-hydrogen) atoms. The van der Waals surface area contributed by atoms with Crippen LogP contribution in [0.1, 0.15) is 22.9 Å². The molecule has 0 aliphatic carbocycles. The average Bonchev–Trinajstić information content (AvgIpc) is 3.20. The first-order valence-corrected chi connectivity index (χ1v) is 12.8. The molecule has 0 spiro atoms. The summed E-state index contributed by atoms with van der Waals surface area (Å²) in [6, 6.07) is 15.0. The number of nitrogens with one attached hydrogen (secondary N) is 1. The molecule has 1 unspecified atom stereocenters. The van der Waals surface area contributed by atoms with E-state index in [1.54, 1.807) is 49.5 Å². The molecule has 2 aromatic heterocycles. The summed E-state index contributed by atoms with van der Waals surface area (Å²) >= 11 is 16.6. The van der Waals surface area contributed by atoms with E-state index in [1.165, 1.54) is 4.90 Å². The van der Waals surface area contributed by atoms with E-state index in [0.29, 0.717) is 33.2 Å². The fraction of sp³-hybridized carbons (Fsp3) is 0.192. The number of benzene rings is 2. The number of anilines is 1. The van der Waals surface area contributed by atoms with Crippen molar-refractivity contribution in [1.29, 1.82) is 0 Å². The predicted octanol–water partition coefficient (Wildman–Crippen LogP) is 5.91. The van der Waals surface area contributed by atoms with Crippen LogP contribution in [0.4, 0.5) is 5.69 Å². The highest BCUT2D eigenvalue weighted by Gasteiger charge is 2.21. The Bertz CT molecular complexity index is 1470. The van der Waals surface area contributed by atoms with Gasteiger partial charge in [-0.2, -0.15) is 0 Å². The summed E-state index contributed by atoms with van der Waals surface area (Å²) in [5, 5.41) is 3.24. The maximum Gasteiger partial charge on any atom is 0.246 e. The second-order valence-corrected chi connectivity index (χ2v) is 9.80. The van der Waals surface area contributed by atoms with Crippen molar-refractivity contribution in [1.82, 2.24) is 14.7 Å². The highest BCUT2D eigenvalue weighted by Crippen LogP contribution is 2.35. The molecule has 2 amide bonds. The lowest BCUT2D eigenvalue weighted by molar-refractivity contribution is -0.125. The molecule has 208 valence electrons. The van der Waals surface area contributed by atoms with Crippen molar-refractivity contribution in [3.05, 3.63) is 92.3 Å². The van der Waals surface area contributed by atoms with E-state index in [0.717, 1.165) is 10.3 Å². The molecule has 4 rings (SSSR count). The van der Waals surface area contributed by atoms with Crippen LogP contribution in [0.5, 0.6) is 5.75 Å². The molecular weight excluding hydrogens is 652 g/mol. The number of nitrogens with two attached hydrogens (primary N) is 1. The molecule has 8 nitrogen and oxygen atoms in total. The third-order valence-electron chi connectivity index (χ3n) is 5.84. The number of amides is 2. The Morgan fingerprint density at radius 1 is 1.13 bits per heavy atom. The van der Waals surface area contributed by atoms with Crippen LogP contribution in [0.15, 0.2) is 65.4 Å². The van der Waals surface area contributed by atoms with E-state index >= 15 is 0 Å². The minimum absolute atomic E-state index is 0. The van der Waals surface area contributed by atoms with Crippen LogP contribution < -0.4 is 20.7 Å². The van der Waals surface area contributed by atoms with Gasteiger partial charge in [-0.15, -0.1) is 24.8 Å². The number of carbonyl (C=O) groups is 2. The van der Waals surface area contributed by atoms with E-state index in [1.807, 2.05) is 29.7 Å². The molecule has 0 bridgehead atoms. The number of imidazole rings is 1. The van der Waals surface area contributed by atoms with Gasteiger partial charge < -0.3 is 20.7 Å². The number of pyridine rings is 1. The van der Waals surface area contributed by atoms with Crippen molar-refractivity contribution in [2.24, 2.45) is 5.73 Å². The standard InChI is InChI=1S/C26H24BrCl2N5O3.2ClH/c1-15-24(27)34-12-6-9-20(25(34)32-15)37-14-17-18(28)10-11-19(22(17)29)33(2)21(35)13-31-26(36)23(30)16-7-4-3-5-8-16;;/h3-12,23H,13-14,30H2,1-2H3,(H,31,36);2*1H. The first kappa shape index (κ1) is 32.7. The Labute approximate surface area is 256 Å². The van der Waals surface area contributed by atoms with Crippen molar-refractivity contribution in [2.75, 3.05) is 18.5 Å². The quantitative estimate of drug-likeness (QED) is 0.241. The molecule has 0 fully saturated rings. The van der Waals surface area contributed by atoms with Crippen LogP contribution >= 0.6 is 63.9 Å². The first-order chi connectivity index (χ1) is 17.7. The molecule has 0 saturated carbocycles. The predicted molar refractivity (Wildman–Crippen MR) is 163 cm³/mol. The Morgan fingerprint density at radius 2 is 1.82 bits per heavy atom. The fourth-order valence-electron chi connectivity index (χ4n) is 3.70. The Hall–Kier alpha value is -2.53. The second-order valence-electron chi connectivity index (χ2n) is 8.26. The van der Waals surface area contributed by atoms with Crippen LogP contribution in [-0.4, -0.2) is 34.8 Å². The maximum absolute atomic E-state index is 12.8. The molecule has 13 heteroatoms. The number of ether oxygens (including phenoxy) is 1. The third-order valence-corrected chi connectivity index (χ3v) is 7.57. The van der Waals surface area contributed by atoms with Gasteiger partial charge in [-0.1, -0.05) is 53.5 Å². The molecule has 0 aliphatic heterocycles. The minimum Gasteiger partial charge on any atom is -0.485 e. The van der Waals surface area contributed by atoms with Crippen molar-refractivity contribution in [3.63, 3.8) is 0 Å². The number of halogens is 5. The lowest BCUT2D eigenvalue weighted by Gasteiger charge is -2.22. The van der Waals surface area contributed by atoms with E-state index < -0.39 is 11.9 Å². The van der Waals surface area contributed by atoms with Gasteiger partial charge in [0.2, 0.25) is 11.8 Å². The second kappa shape index (κ2) is 14.2. The summed E-state index contributed by atoms with van der Waals surface area (Å²) in [4.78, 5) is 31.2. The number of nitrogens with zero attached hydrogens (tertiary/aromatic N) is 3. The highest BCUT2D eigenvalue weighted by molar-refractivity contribution is 9.10. The van der Waals surface area contributed by atoms with Gasteiger partial charge >= 0.3 is 0 Å². The molecular formula is C26H26BrCl4N5O3. The van der Waals surface area contributed by atoms with Gasteiger partial charge in [0.15, 0.2) is 11.4 Å². The third kappa shape index (κ3) is 7.16. The minimum atomic E-state index is -0.883. The number of likely N-dealkylation sites (N-methyl/N-ethyl adjacent to an activating group) is 1. The maximum atomic E-state index is 12.8. The summed E-state index contributed by atoms with van der Waals surface area (Å²) in [7, 11) is 1.57. The van der Waals surface area contributed by atoms with E-state index in [2.05, 4.69) is 26.2 Å². The number of aromatic nitrogens is 2. The van der Waals surface area contributed by atoms with Gasteiger partial charge in [0.1, 0.15) is 17.3 Å². The Balaban J connectivity index is 0.00000267. The smallest absolute Gasteiger partial charge is 0.246 e. The highest BCUT2D eigenvalue weighted by atomic mass is 79.9. The molecule has 0 aliphatic rings. The number of fused-ring (bicyclic) bond motifs is 1. The van der Waals surface area contributed by atoms with Gasteiger partial charge in [0.25, 0.3) is 0 Å². The first-order valence-electron chi connectivity index (χ1n) is 11.3. The number of hydrogen-bond acceptors (Lipinski definition) is 5. The summed E-state index contributed by atoms with van der Waals surface area (Å²) in [5.74, 6) is -0.290. The summed E-state index contributed by atoms with van der Waals surface area (Å²) in [5.41, 5.74) is 9.06. The summed E-state index contributed by atoms with van der Waals surface area (Å²) in [6.45, 7) is 1.69. The van der Waals surface area contributed by atoms with Gasteiger partial charge in [0, 0.05) is 23.8 Å². The van der Waals surface area contributed by atoms with Gasteiger partial charge in [0.05, 0.1) is 22.9 Å². The normalized spacial score (nSPS) is 11.2. The lowest BCUT2D eigenvalue weighted by atomic mass is 10.1.